The smallest absolute Gasteiger partial charge is 0.305 e. The predicted molar refractivity (Wildman–Crippen MR) is 193 cm³/mol. The summed E-state index contributed by atoms with van der Waals surface area (Å²) >= 11 is 0. The zero-order valence-corrected chi connectivity index (χ0v) is 30.4. The number of rotatable bonds is 37. The summed E-state index contributed by atoms with van der Waals surface area (Å²) in [6.07, 6.45) is 39.5. The predicted octanol–water partition coefficient (Wildman–Crippen LogP) is 12.4. The molecule has 0 bridgehead atoms. The zero-order chi connectivity index (χ0) is 33.1. The maximum absolute atomic E-state index is 12.8. The van der Waals surface area contributed by atoms with E-state index in [0.717, 1.165) is 32.1 Å². The van der Waals surface area contributed by atoms with Gasteiger partial charge in [-0.25, -0.2) is 0 Å². The van der Waals surface area contributed by atoms with E-state index in [4.69, 9.17) is 5.11 Å². The van der Waals surface area contributed by atoms with Crippen LogP contribution in [0.3, 0.4) is 0 Å². The fourth-order valence-electron chi connectivity index (χ4n) is 6.31. The SMILES string of the molecule is CCCCCCCCCCCCCCCCCC(=O)CN(CCC(=O)O)C(=O)CCCCCCCCCCCCCCCCC. The second kappa shape index (κ2) is 35.5. The Bertz CT molecular complexity index is 665. The highest BCUT2D eigenvalue weighted by molar-refractivity contribution is 5.86. The van der Waals surface area contributed by atoms with E-state index in [1.54, 1.807) is 0 Å². The first-order valence-electron chi connectivity index (χ1n) is 20.0. The van der Waals surface area contributed by atoms with E-state index in [1.165, 1.54) is 165 Å². The molecule has 0 aromatic rings. The van der Waals surface area contributed by atoms with Crippen LogP contribution >= 0.6 is 0 Å². The number of unbranched alkanes of at least 4 members (excludes halogenated alkanes) is 28. The van der Waals surface area contributed by atoms with Crippen molar-refractivity contribution in [3.63, 3.8) is 0 Å². The second-order valence-electron chi connectivity index (χ2n) is 13.9. The lowest BCUT2D eigenvalue weighted by Crippen LogP contribution is -2.37. The second-order valence-corrected chi connectivity index (χ2v) is 13.9. The third kappa shape index (κ3) is 33.8. The van der Waals surface area contributed by atoms with Gasteiger partial charge in [0.25, 0.3) is 0 Å². The Balaban J connectivity index is 3.82. The molecule has 0 radical (unpaired) electrons. The standard InChI is InChI=1S/C40H77NO4/c1-3-5-7-9-11-13-15-17-19-21-23-25-27-29-31-33-38(42)37-41(36-35-40(44)45)39(43)34-32-30-28-26-24-22-20-18-16-14-12-10-8-6-4-2/h3-37H2,1-2H3,(H,44,45). The number of hydrogen-bond acceptors (Lipinski definition) is 3. The van der Waals surface area contributed by atoms with Crippen LogP contribution in [0.2, 0.25) is 0 Å². The van der Waals surface area contributed by atoms with Gasteiger partial charge >= 0.3 is 5.97 Å². The van der Waals surface area contributed by atoms with E-state index in [1.807, 2.05) is 0 Å². The Hall–Kier alpha value is -1.39. The largest absolute Gasteiger partial charge is 0.481 e. The number of amides is 1. The Labute approximate surface area is 280 Å². The van der Waals surface area contributed by atoms with E-state index in [0.29, 0.717) is 12.8 Å². The Kier molecular flexibility index (Phi) is 34.4. The van der Waals surface area contributed by atoms with Gasteiger partial charge in [0.2, 0.25) is 5.91 Å². The topological polar surface area (TPSA) is 74.7 Å². The highest BCUT2D eigenvalue weighted by Crippen LogP contribution is 2.16. The molecule has 0 aromatic heterocycles. The van der Waals surface area contributed by atoms with Gasteiger partial charge in [0.1, 0.15) is 0 Å². The van der Waals surface area contributed by atoms with Crippen LogP contribution in [0.5, 0.6) is 0 Å². The van der Waals surface area contributed by atoms with Crippen LogP contribution in [0.1, 0.15) is 226 Å². The number of hydrogen-bond donors (Lipinski definition) is 1. The third-order valence-corrected chi connectivity index (χ3v) is 9.37. The van der Waals surface area contributed by atoms with Gasteiger partial charge in [-0.1, -0.05) is 194 Å². The molecule has 5 nitrogen and oxygen atoms in total. The van der Waals surface area contributed by atoms with Crippen LogP contribution in [0, 0.1) is 0 Å². The van der Waals surface area contributed by atoms with Crippen molar-refractivity contribution in [2.75, 3.05) is 13.1 Å². The molecule has 266 valence electrons. The lowest BCUT2D eigenvalue weighted by Gasteiger charge is -2.21. The molecule has 0 unspecified atom stereocenters. The molecule has 0 atom stereocenters. The molecule has 0 aliphatic rings. The molecule has 1 amide bonds. The highest BCUT2D eigenvalue weighted by atomic mass is 16.4. The average Bonchev–Trinajstić information content (AvgIpc) is 3.02. The normalized spacial score (nSPS) is 11.2. The fourth-order valence-corrected chi connectivity index (χ4v) is 6.31. The number of carbonyl (C=O) groups is 3. The lowest BCUT2D eigenvalue weighted by molar-refractivity contribution is -0.140. The van der Waals surface area contributed by atoms with Crippen molar-refractivity contribution in [3.05, 3.63) is 0 Å². The number of carboxylic acids is 1. The molecule has 1 N–H and O–H groups in total. The minimum absolute atomic E-state index is 0.0595. The van der Waals surface area contributed by atoms with Crippen molar-refractivity contribution in [3.8, 4) is 0 Å². The number of aliphatic carboxylic acids is 1. The van der Waals surface area contributed by atoms with Gasteiger partial charge in [-0.2, -0.15) is 0 Å². The Morgan fingerprint density at radius 3 is 1.00 bits per heavy atom. The molecule has 0 aliphatic carbocycles. The first kappa shape index (κ1) is 43.6. The van der Waals surface area contributed by atoms with E-state index < -0.39 is 5.97 Å². The van der Waals surface area contributed by atoms with Gasteiger partial charge in [-0.3, -0.25) is 14.4 Å². The summed E-state index contributed by atoms with van der Waals surface area (Å²) in [4.78, 5) is 38.1. The van der Waals surface area contributed by atoms with Crippen LogP contribution in [0.4, 0.5) is 0 Å². The third-order valence-electron chi connectivity index (χ3n) is 9.37. The number of carbonyl (C=O) groups excluding carboxylic acids is 2. The fraction of sp³-hybridized carbons (Fsp3) is 0.925. The summed E-state index contributed by atoms with van der Waals surface area (Å²) in [7, 11) is 0. The maximum atomic E-state index is 12.8. The van der Waals surface area contributed by atoms with E-state index in [-0.39, 0.29) is 31.2 Å². The Morgan fingerprint density at radius 2 is 0.689 bits per heavy atom. The summed E-state index contributed by atoms with van der Waals surface area (Å²) in [6, 6.07) is 0. The summed E-state index contributed by atoms with van der Waals surface area (Å²) in [5.41, 5.74) is 0. The zero-order valence-electron chi connectivity index (χ0n) is 30.4. The van der Waals surface area contributed by atoms with Crippen molar-refractivity contribution >= 4 is 17.7 Å². The van der Waals surface area contributed by atoms with Crippen molar-refractivity contribution < 1.29 is 19.5 Å². The highest BCUT2D eigenvalue weighted by Gasteiger charge is 2.17. The minimum atomic E-state index is -0.922. The summed E-state index contributed by atoms with van der Waals surface area (Å²) < 4.78 is 0. The van der Waals surface area contributed by atoms with Crippen molar-refractivity contribution in [1.29, 1.82) is 0 Å². The quantitative estimate of drug-likeness (QED) is 0.0689. The van der Waals surface area contributed by atoms with E-state index >= 15 is 0 Å². The molecule has 0 heterocycles. The summed E-state index contributed by atoms with van der Waals surface area (Å²) in [6.45, 7) is 4.75. The maximum Gasteiger partial charge on any atom is 0.305 e. The van der Waals surface area contributed by atoms with Crippen LogP contribution in [-0.2, 0) is 14.4 Å². The van der Waals surface area contributed by atoms with Gasteiger partial charge in [0.15, 0.2) is 5.78 Å². The minimum Gasteiger partial charge on any atom is -0.481 e. The summed E-state index contributed by atoms with van der Waals surface area (Å²) in [5, 5.41) is 9.12. The number of carboxylic acid groups (broad SMARTS) is 1. The molecule has 45 heavy (non-hydrogen) atoms. The van der Waals surface area contributed by atoms with Crippen molar-refractivity contribution in [1.82, 2.24) is 4.90 Å². The molecule has 0 aromatic carbocycles. The molecule has 0 rings (SSSR count). The van der Waals surface area contributed by atoms with E-state index in [9.17, 15) is 14.4 Å². The van der Waals surface area contributed by atoms with Crippen LogP contribution in [0.25, 0.3) is 0 Å². The molecule has 0 spiro atoms. The first-order valence-corrected chi connectivity index (χ1v) is 20.0. The molecular weight excluding hydrogens is 558 g/mol. The van der Waals surface area contributed by atoms with Crippen molar-refractivity contribution in [2.45, 2.75) is 226 Å². The molecule has 0 saturated heterocycles. The van der Waals surface area contributed by atoms with Crippen LogP contribution < -0.4 is 0 Å². The average molecular weight is 636 g/mol. The van der Waals surface area contributed by atoms with Crippen LogP contribution in [-0.4, -0.2) is 40.8 Å². The number of nitrogens with zero attached hydrogens (tertiary/aromatic N) is 1. The monoisotopic (exact) mass is 636 g/mol. The van der Waals surface area contributed by atoms with Crippen molar-refractivity contribution in [2.24, 2.45) is 0 Å². The van der Waals surface area contributed by atoms with E-state index in [2.05, 4.69) is 13.8 Å². The van der Waals surface area contributed by atoms with Gasteiger partial charge in [-0.15, -0.1) is 0 Å². The molecule has 0 saturated carbocycles. The van der Waals surface area contributed by atoms with Gasteiger partial charge < -0.3 is 10.0 Å². The summed E-state index contributed by atoms with van der Waals surface area (Å²) in [5.74, 6) is -0.912. The number of Topliss-reactive ketones (excluding diaryl/α,β-unsaturated/α-hetero) is 1. The lowest BCUT2D eigenvalue weighted by atomic mass is 10.0. The number of ketones is 1. The van der Waals surface area contributed by atoms with Gasteiger partial charge in [0, 0.05) is 19.4 Å². The molecule has 5 heteroatoms. The first-order chi connectivity index (χ1) is 22.0. The van der Waals surface area contributed by atoms with Gasteiger partial charge in [0.05, 0.1) is 13.0 Å². The van der Waals surface area contributed by atoms with Crippen LogP contribution in [0.15, 0.2) is 0 Å². The Morgan fingerprint density at radius 1 is 0.400 bits per heavy atom. The molecule has 0 aliphatic heterocycles. The molecule has 0 fully saturated rings. The van der Waals surface area contributed by atoms with Gasteiger partial charge in [-0.05, 0) is 12.8 Å². The molecular formula is C40H77NO4.